The molecule has 0 fully saturated rings. The van der Waals surface area contributed by atoms with Crippen LogP contribution in [0.3, 0.4) is 0 Å². The minimum absolute atomic E-state index is 0.187. The molecular weight excluding hydrogens is 531 g/mol. The van der Waals surface area contributed by atoms with Crippen LogP contribution in [0.15, 0.2) is 65.7 Å². The lowest BCUT2D eigenvalue weighted by atomic mass is 10.1. The molecule has 1 heterocycles. The van der Waals surface area contributed by atoms with Crippen molar-refractivity contribution < 1.29 is 43.9 Å². The number of aromatic nitrogens is 2. The zero-order valence-electron chi connectivity index (χ0n) is 18.4. The average Bonchev–Trinajstić information content (AvgIpc) is 3.21. The van der Waals surface area contributed by atoms with Gasteiger partial charge in [-0.2, -0.15) is 43.9 Å². The van der Waals surface area contributed by atoms with Gasteiger partial charge in [-0.15, -0.1) is 0 Å². The average molecular weight is 545 g/mol. The zero-order valence-corrected chi connectivity index (χ0v) is 19.3. The lowest BCUT2D eigenvalue weighted by Crippen LogP contribution is -2.20. The van der Waals surface area contributed by atoms with Crippen molar-refractivity contribution in [2.45, 2.75) is 24.2 Å². The molecule has 0 radical (unpaired) electrons. The van der Waals surface area contributed by atoms with Crippen LogP contribution in [0.5, 0.6) is 0 Å². The molecule has 14 heteroatoms. The fourth-order valence-corrected chi connectivity index (χ4v) is 4.91. The summed E-state index contributed by atoms with van der Waals surface area (Å²) in [6.07, 6.45) is -8.76. The van der Waals surface area contributed by atoms with E-state index < -0.39 is 55.7 Å². The highest BCUT2D eigenvalue weighted by Crippen LogP contribution is 2.35. The van der Waals surface area contributed by atoms with Crippen LogP contribution in [-0.4, -0.2) is 23.5 Å². The smallest absolute Gasteiger partial charge is 0.322 e. The number of hydrogen-bond acceptors (Lipinski definition) is 4. The quantitative estimate of drug-likeness (QED) is 0.319. The van der Waals surface area contributed by atoms with Crippen LogP contribution in [0.1, 0.15) is 27.0 Å². The molecule has 0 aliphatic carbocycles. The first kappa shape index (κ1) is 26.1. The van der Waals surface area contributed by atoms with Crippen LogP contribution in [0.2, 0.25) is 0 Å². The van der Waals surface area contributed by atoms with E-state index in [1.807, 2.05) is 0 Å². The minimum Gasteiger partial charge on any atom is -0.322 e. The van der Waals surface area contributed by atoms with Crippen LogP contribution in [0.4, 0.5) is 36.4 Å². The number of anilines is 1. The minimum atomic E-state index is -5.03. The molecule has 1 N–H and O–H groups in total. The first-order chi connectivity index (χ1) is 17.1. The maximum absolute atomic E-state index is 14.2. The monoisotopic (exact) mass is 545 g/mol. The molecule has 0 atom stereocenters. The molecule has 0 saturated carbocycles. The van der Waals surface area contributed by atoms with E-state index in [2.05, 4.69) is 10.4 Å². The van der Waals surface area contributed by atoms with Crippen LogP contribution in [-0.2, 0) is 22.4 Å². The molecule has 1 aromatic heterocycles. The van der Waals surface area contributed by atoms with Crippen molar-refractivity contribution in [1.29, 1.82) is 0 Å². The van der Waals surface area contributed by atoms with Gasteiger partial charge in [-0.05, 0) is 55.0 Å². The third-order valence-electron chi connectivity index (χ3n) is 5.38. The lowest BCUT2D eigenvalue weighted by Gasteiger charge is -2.14. The Balaban J connectivity index is 1.76. The molecule has 0 aliphatic rings. The van der Waals surface area contributed by atoms with E-state index >= 15 is 0 Å². The van der Waals surface area contributed by atoms with Gasteiger partial charge in [0.25, 0.3) is 15.9 Å². The van der Waals surface area contributed by atoms with E-state index in [4.69, 9.17) is 0 Å². The Labute approximate surface area is 204 Å². The van der Waals surface area contributed by atoms with Gasteiger partial charge in [-0.1, -0.05) is 12.1 Å². The molecule has 6 nitrogen and oxygen atoms in total. The molecule has 0 saturated heterocycles. The molecule has 0 spiro atoms. The van der Waals surface area contributed by atoms with Crippen molar-refractivity contribution >= 4 is 32.5 Å². The summed E-state index contributed by atoms with van der Waals surface area (Å²) in [7, 11) is -4.67. The van der Waals surface area contributed by atoms with Gasteiger partial charge in [0.1, 0.15) is 5.82 Å². The summed E-state index contributed by atoms with van der Waals surface area (Å²) in [6, 6.07) is 7.92. The fraction of sp³-hybridized carbons (Fsp3) is 0.130. The number of benzene rings is 3. The molecular formula is C23H14F7N3O3S. The maximum Gasteiger partial charge on any atom is 0.417 e. The number of carbonyl (C=O) groups excluding carboxylic acids is 1. The van der Waals surface area contributed by atoms with Crippen molar-refractivity contribution in [2.75, 3.05) is 5.32 Å². The Morgan fingerprint density at radius 1 is 0.919 bits per heavy atom. The summed E-state index contributed by atoms with van der Waals surface area (Å²) in [5, 5.41) is 5.99. The predicted octanol–water partition coefficient (Wildman–Crippen LogP) is 6.01. The van der Waals surface area contributed by atoms with Crippen LogP contribution < -0.4 is 5.32 Å². The number of aryl methyl sites for hydroxylation is 1. The number of fused-ring (bicyclic) bond motifs is 1. The van der Waals surface area contributed by atoms with E-state index in [9.17, 15) is 43.9 Å². The van der Waals surface area contributed by atoms with Gasteiger partial charge >= 0.3 is 12.4 Å². The van der Waals surface area contributed by atoms with Crippen LogP contribution in [0.25, 0.3) is 10.9 Å². The first-order valence-electron chi connectivity index (χ1n) is 10.2. The second kappa shape index (κ2) is 8.87. The number of carbonyl (C=O) groups is 1. The van der Waals surface area contributed by atoms with E-state index in [1.165, 1.54) is 12.1 Å². The topological polar surface area (TPSA) is 81.1 Å². The second-order valence-corrected chi connectivity index (χ2v) is 9.62. The number of halogens is 7. The standard InChI is InChI=1S/C23H14F7N3O3S/c1-12-5-8-15(10-17(12)23(28,29)30)37(35,36)33-19-9-14(7-6-13(19)11-31-33)32-21(34)20-16(22(25,26)27)3-2-4-18(20)24/h2-11H,1H3,(H,32,34). The summed E-state index contributed by atoms with van der Waals surface area (Å²) in [4.78, 5) is 11.8. The van der Waals surface area contributed by atoms with Crippen molar-refractivity contribution in [3.63, 3.8) is 0 Å². The molecule has 0 bridgehead atoms. The number of nitrogens with one attached hydrogen (secondary N) is 1. The van der Waals surface area contributed by atoms with E-state index in [0.29, 0.717) is 22.3 Å². The number of alkyl halides is 6. The van der Waals surface area contributed by atoms with Gasteiger partial charge in [-0.3, -0.25) is 4.79 Å². The molecule has 1 amide bonds. The maximum atomic E-state index is 14.2. The lowest BCUT2D eigenvalue weighted by molar-refractivity contribution is -0.139. The van der Waals surface area contributed by atoms with Crippen molar-refractivity contribution in [3.05, 3.63) is 88.9 Å². The Hall–Kier alpha value is -3.94. The highest BCUT2D eigenvalue weighted by molar-refractivity contribution is 7.90. The van der Waals surface area contributed by atoms with Crippen LogP contribution >= 0.6 is 0 Å². The van der Waals surface area contributed by atoms with E-state index in [-0.39, 0.29) is 22.2 Å². The third kappa shape index (κ3) is 4.88. The molecule has 3 aromatic carbocycles. The Morgan fingerprint density at radius 3 is 2.24 bits per heavy atom. The Kier molecular flexibility index (Phi) is 6.26. The first-order valence-corrected chi connectivity index (χ1v) is 11.6. The molecule has 0 unspecified atom stereocenters. The van der Waals surface area contributed by atoms with Crippen molar-refractivity contribution in [3.8, 4) is 0 Å². The fourth-order valence-electron chi connectivity index (χ4n) is 3.62. The summed E-state index contributed by atoms with van der Waals surface area (Å²) in [5.41, 5.74) is -4.56. The summed E-state index contributed by atoms with van der Waals surface area (Å²) >= 11 is 0. The van der Waals surface area contributed by atoms with E-state index in [1.54, 1.807) is 0 Å². The number of amides is 1. The summed E-state index contributed by atoms with van der Waals surface area (Å²) < 4.78 is 121. The van der Waals surface area contributed by atoms with Gasteiger partial charge in [0.05, 0.1) is 33.3 Å². The van der Waals surface area contributed by atoms with Crippen molar-refractivity contribution in [1.82, 2.24) is 9.19 Å². The summed E-state index contributed by atoms with van der Waals surface area (Å²) in [5.74, 6) is -2.88. The van der Waals surface area contributed by atoms with E-state index in [0.717, 1.165) is 37.4 Å². The SMILES string of the molecule is Cc1ccc(S(=O)(=O)n2ncc3ccc(NC(=O)c4c(F)cccc4C(F)(F)F)cc32)cc1C(F)(F)F. The number of hydrogen-bond donors (Lipinski definition) is 1. The molecule has 37 heavy (non-hydrogen) atoms. The van der Waals surface area contributed by atoms with Gasteiger partial charge in [0.15, 0.2) is 0 Å². The number of nitrogens with zero attached hydrogens (tertiary/aromatic N) is 2. The van der Waals surface area contributed by atoms with Gasteiger partial charge in [-0.25, -0.2) is 4.39 Å². The predicted molar refractivity (Wildman–Crippen MR) is 118 cm³/mol. The van der Waals surface area contributed by atoms with Gasteiger partial charge in [0, 0.05) is 11.1 Å². The van der Waals surface area contributed by atoms with Crippen LogP contribution in [0, 0.1) is 12.7 Å². The number of rotatable bonds is 4. The van der Waals surface area contributed by atoms with Gasteiger partial charge in [0.2, 0.25) is 0 Å². The Morgan fingerprint density at radius 2 is 1.59 bits per heavy atom. The molecule has 4 rings (SSSR count). The van der Waals surface area contributed by atoms with Crippen molar-refractivity contribution in [2.24, 2.45) is 0 Å². The third-order valence-corrected chi connectivity index (χ3v) is 6.98. The normalized spacial score (nSPS) is 12.6. The molecule has 4 aromatic rings. The second-order valence-electron chi connectivity index (χ2n) is 7.85. The highest BCUT2D eigenvalue weighted by Gasteiger charge is 2.37. The Bertz CT molecular complexity index is 1640. The largest absolute Gasteiger partial charge is 0.417 e. The van der Waals surface area contributed by atoms with Gasteiger partial charge < -0.3 is 5.32 Å². The molecule has 194 valence electrons. The summed E-state index contributed by atoms with van der Waals surface area (Å²) in [6.45, 7) is 1.16. The highest BCUT2D eigenvalue weighted by atomic mass is 32.2. The molecule has 0 aliphatic heterocycles. The zero-order chi connectivity index (χ0) is 27.3.